The molecule has 0 aliphatic carbocycles. The molecule has 0 bridgehead atoms. The Morgan fingerprint density at radius 2 is 1.17 bits per heavy atom. The van der Waals surface area contributed by atoms with Gasteiger partial charge in [-0.05, 0) is 0 Å². The first-order chi connectivity index (χ1) is 1.73. The van der Waals surface area contributed by atoms with Crippen LogP contribution in [0.25, 0.3) is 0 Å². The van der Waals surface area contributed by atoms with Crippen LogP contribution in [0.15, 0.2) is 0 Å². The van der Waals surface area contributed by atoms with Crippen molar-refractivity contribution in [1.29, 1.82) is 0 Å². The number of hydrogen-bond acceptors (Lipinski definition) is 0. The molecule has 0 saturated heterocycles. The molecule has 0 aromatic rings. The largest absolute Gasteiger partial charge is 0.147 e. The van der Waals surface area contributed by atoms with Gasteiger partial charge in [0.1, 0.15) is 0 Å². The van der Waals surface area contributed by atoms with E-state index in [4.69, 9.17) is 0 Å². The van der Waals surface area contributed by atoms with E-state index in [-0.39, 0.29) is 24.8 Å². The number of halogens is 2. The van der Waals surface area contributed by atoms with Gasteiger partial charge in [-0.1, -0.05) is 0 Å². The topological polar surface area (TPSA) is 0 Å². The van der Waals surface area contributed by atoms with Crippen molar-refractivity contribution in [3.8, 4) is 0 Å². The molecule has 0 atom stereocenters. The van der Waals surface area contributed by atoms with Crippen LogP contribution >= 0.6 is 24.8 Å². The smallest absolute Gasteiger partial charge is 0.147 e. The summed E-state index contributed by atoms with van der Waals surface area (Å²) in [6.07, 6.45) is 0. The maximum absolute atomic E-state index is 2.21. The summed E-state index contributed by atoms with van der Waals surface area (Å²) < 4.78 is 0.923. The molecule has 0 aromatic heterocycles. The molecule has 0 radical (unpaired) electrons. The first kappa shape index (κ1) is 15.7. The minimum atomic E-state index is 0. The summed E-state index contributed by atoms with van der Waals surface area (Å²) in [7, 11) is 0. The van der Waals surface area contributed by atoms with Crippen LogP contribution in [0, 0.1) is 0 Å². The molecule has 0 unspecified atom stereocenters. The van der Waals surface area contributed by atoms with E-state index in [1.807, 2.05) is 0 Å². The Morgan fingerprint density at radius 3 is 1.17 bits per heavy atom. The second-order valence-electron chi connectivity index (χ2n) is 1.15. The zero-order chi connectivity index (χ0) is 3.58. The maximum atomic E-state index is 2.21. The molecule has 0 amide bonds. The van der Waals surface area contributed by atoms with Gasteiger partial charge in [-0.15, -0.1) is 24.8 Å². The molecule has 0 fully saturated rings. The van der Waals surface area contributed by atoms with Crippen molar-refractivity contribution < 1.29 is 24.7 Å². The zero-order valence-corrected chi connectivity index (χ0v) is 7.98. The van der Waals surface area contributed by atoms with E-state index in [0.29, 0.717) is 0 Å². The Balaban J connectivity index is -0.0000000450. The average molecular weight is 207 g/mol. The van der Waals surface area contributed by atoms with Crippen molar-refractivity contribution in [2.75, 3.05) is 0 Å². The van der Waals surface area contributed by atoms with Gasteiger partial charge in [-0.3, -0.25) is 0 Å². The third-order valence-electron chi connectivity index (χ3n) is 0. The first-order valence-electron chi connectivity index (χ1n) is 1.44. The van der Waals surface area contributed by atoms with Gasteiger partial charge in [0.15, 0.2) is 0 Å². The maximum Gasteiger partial charge on any atom is -0.147 e. The molecule has 0 aliphatic heterocycles. The van der Waals surface area contributed by atoms with Gasteiger partial charge in [0.2, 0.25) is 0 Å². The number of rotatable bonds is 0. The Morgan fingerprint density at radius 1 is 1.17 bits per heavy atom. The predicted octanol–water partition coefficient (Wildman–Crippen LogP) is 2.21. The van der Waals surface area contributed by atoms with Crippen molar-refractivity contribution in [3.63, 3.8) is 0 Å². The van der Waals surface area contributed by atoms with E-state index in [9.17, 15) is 0 Å². The van der Waals surface area contributed by atoms with E-state index < -0.39 is 0 Å². The van der Waals surface area contributed by atoms with Crippen LogP contribution in [0.2, 0.25) is 3.63 Å². The van der Waals surface area contributed by atoms with Gasteiger partial charge in [0.25, 0.3) is 0 Å². The summed E-state index contributed by atoms with van der Waals surface area (Å²) >= 11 is 1.64. The zero-order valence-electron chi connectivity index (χ0n) is 3.89. The summed E-state index contributed by atoms with van der Waals surface area (Å²) in [6.45, 7) is 4.41. The fourth-order valence-electron chi connectivity index (χ4n) is 0. The van der Waals surface area contributed by atoms with E-state index in [1.54, 1.807) is 24.7 Å². The Labute approximate surface area is 66.7 Å². The third kappa shape index (κ3) is 50.8. The second kappa shape index (κ2) is 9.68. The molecule has 6 heavy (non-hydrogen) atoms. The van der Waals surface area contributed by atoms with Crippen LogP contribution in [0.5, 0.6) is 0 Å². The van der Waals surface area contributed by atoms with Crippen molar-refractivity contribution in [2.24, 2.45) is 0 Å². The standard InChI is InChI=1S/C3H7.2ClH.Zr/c1-3-2;;;/h3H,1-2H3;2*1H;. The molecule has 0 aliphatic rings. The summed E-state index contributed by atoms with van der Waals surface area (Å²) in [6, 6.07) is 0. The fourth-order valence-corrected chi connectivity index (χ4v) is 0. The van der Waals surface area contributed by atoms with Gasteiger partial charge < -0.3 is 0 Å². The minimum Gasteiger partial charge on any atom is -0.147 e. The molecule has 0 N–H and O–H groups in total. The summed E-state index contributed by atoms with van der Waals surface area (Å²) in [5, 5.41) is 0. The second-order valence-corrected chi connectivity index (χ2v) is 3.99. The molecule has 0 aromatic carbocycles. The van der Waals surface area contributed by atoms with Crippen molar-refractivity contribution in [2.45, 2.75) is 17.5 Å². The fraction of sp³-hybridized carbons (Fsp3) is 1.00. The van der Waals surface area contributed by atoms with Crippen molar-refractivity contribution >= 4 is 24.8 Å². The normalized spacial score (nSPS) is 5.67. The molecule has 39 valence electrons. The minimum absolute atomic E-state index is 0. The Hall–Kier alpha value is 1.46. The first-order valence-corrected chi connectivity index (χ1v) is 2.86. The molecular weight excluding hydrogens is 198 g/mol. The van der Waals surface area contributed by atoms with Crippen LogP contribution in [-0.4, -0.2) is 0 Å². The van der Waals surface area contributed by atoms with E-state index in [1.165, 1.54) is 0 Å². The van der Waals surface area contributed by atoms with Crippen LogP contribution in [0.3, 0.4) is 0 Å². The molecule has 0 spiro atoms. The summed E-state index contributed by atoms with van der Waals surface area (Å²) in [4.78, 5) is 0. The van der Waals surface area contributed by atoms with Crippen LogP contribution in [0.4, 0.5) is 0 Å². The number of hydrogen-bond donors (Lipinski definition) is 0. The predicted molar refractivity (Wildman–Crippen MR) is 29.6 cm³/mol. The van der Waals surface area contributed by atoms with Crippen LogP contribution in [0.1, 0.15) is 13.8 Å². The van der Waals surface area contributed by atoms with Gasteiger partial charge in [-0.2, -0.15) is 0 Å². The third-order valence-corrected chi connectivity index (χ3v) is 0. The van der Waals surface area contributed by atoms with E-state index in [2.05, 4.69) is 13.8 Å². The summed E-state index contributed by atoms with van der Waals surface area (Å²) in [5.74, 6) is 0. The quantitative estimate of drug-likeness (QED) is 0.571. The van der Waals surface area contributed by atoms with Gasteiger partial charge in [0, 0.05) is 0 Å². The van der Waals surface area contributed by atoms with Crippen LogP contribution < -0.4 is 0 Å². The monoisotopic (exact) mass is 205 g/mol. The molecule has 0 nitrogen and oxygen atoms in total. The summed E-state index contributed by atoms with van der Waals surface area (Å²) in [5.41, 5.74) is 0. The van der Waals surface area contributed by atoms with Crippen LogP contribution in [-0.2, 0) is 24.7 Å². The SMILES string of the molecule is C[CH](C)[Zr].Cl.Cl. The van der Waals surface area contributed by atoms with Gasteiger partial charge in [-0.25, -0.2) is 0 Å². The Kier molecular flexibility index (Phi) is 25.3. The van der Waals surface area contributed by atoms with Crippen molar-refractivity contribution in [1.82, 2.24) is 0 Å². The molecule has 0 saturated carbocycles. The Bertz CT molecular complexity index is 13.5. The average Bonchev–Trinajstić information content (AvgIpc) is 0.811. The van der Waals surface area contributed by atoms with E-state index in [0.717, 1.165) is 3.63 Å². The van der Waals surface area contributed by atoms with E-state index >= 15 is 0 Å². The molecule has 0 heterocycles. The molecular formula is C3H9Cl2Zr. The van der Waals surface area contributed by atoms with Gasteiger partial charge in [0.05, 0.1) is 0 Å². The van der Waals surface area contributed by atoms with Gasteiger partial charge >= 0.3 is 42.2 Å². The molecule has 3 heteroatoms. The molecule has 0 rings (SSSR count). The van der Waals surface area contributed by atoms with Crippen molar-refractivity contribution in [3.05, 3.63) is 0 Å².